The van der Waals surface area contributed by atoms with Crippen LogP contribution < -0.4 is 5.32 Å². The van der Waals surface area contributed by atoms with Gasteiger partial charge in [0, 0.05) is 18.0 Å². The van der Waals surface area contributed by atoms with Gasteiger partial charge in [0.25, 0.3) is 0 Å². The van der Waals surface area contributed by atoms with Crippen molar-refractivity contribution in [3.8, 4) is 11.3 Å². The molecule has 0 spiro atoms. The Hall–Kier alpha value is -2.20. The molecule has 4 nitrogen and oxygen atoms in total. The lowest BCUT2D eigenvalue weighted by Gasteiger charge is -2.00. The zero-order valence-electron chi connectivity index (χ0n) is 10.1. The third-order valence-electron chi connectivity index (χ3n) is 2.77. The van der Waals surface area contributed by atoms with E-state index >= 15 is 0 Å². The molecule has 0 aliphatic carbocycles. The van der Waals surface area contributed by atoms with E-state index in [4.69, 9.17) is 4.42 Å². The van der Waals surface area contributed by atoms with Crippen molar-refractivity contribution in [2.75, 3.05) is 7.05 Å². The first-order valence-corrected chi connectivity index (χ1v) is 5.81. The summed E-state index contributed by atoms with van der Waals surface area (Å²) >= 11 is 0. The fourth-order valence-electron chi connectivity index (χ4n) is 1.92. The number of nitrogens with zero attached hydrogens (tertiary/aromatic N) is 2. The maximum absolute atomic E-state index is 5.75. The number of hydrogen-bond acceptors (Lipinski definition) is 4. The average molecular weight is 239 g/mol. The highest BCUT2D eigenvalue weighted by Gasteiger charge is 2.05. The molecule has 0 saturated carbocycles. The predicted molar refractivity (Wildman–Crippen MR) is 70.0 cm³/mol. The van der Waals surface area contributed by atoms with Crippen LogP contribution in [0.1, 0.15) is 5.76 Å². The van der Waals surface area contributed by atoms with Crippen molar-refractivity contribution < 1.29 is 4.42 Å². The molecule has 0 bridgehead atoms. The Morgan fingerprint density at radius 3 is 2.72 bits per heavy atom. The molecule has 1 aromatic carbocycles. The number of nitrogens with one attached hydrogen (secondary N) is 1. The molecule has 0 aliphatic rings. The fraction of sp³-hybridized carbons (Fsp3) is 0.143. The van der Waals surface area contributed by atoms with Gasteiger partial charge < -0.3 is 9.73 Å². The van der Waals surface area contributed by atoms with E-state index in [1.165, 1.54) is 0 Å². The summed E-state index contributed by atoms with van der Waals surface area (Å²) in [4.78, 5) is 8.54. The van der Waals surface area contributed by atoms with Gasteiger partial charge >= 0.3 is 0 Å². The lowest BCUT2D eigenvalue weighted by Crippen LogP contribution is -2.03. The van der Waals surface area contributed by atoms with Crippen molar-refractivity contribution in [1.29, 1.82) is 0 Å². The lowest BCUT2D eigenvalue weighted by molar-refractivity contribution is 0.507. The maximum Gasteiger partial charge on any atom is 0.134 e. The van der Waals surface area contributed by atoms with Crippen LogP contribution in [0.25, 0.3) is 22.4 Å². The Morgan fingerprint density at radius 1 is 1.06 bits per heavy atom. The van der Waals surface area contributed by atoms with E-state index in [1.54, 1.807) is 12.4 Å². The highest BCUT2D eigenvalue weighted by molar-refractivity contribution is 5.79. The molecule has 0 unspecified atom stereocenters. The largest absolute Gasteiger partial charge is 0.460 e. The minimum absolute atomic E-state index is 0.730. The van der Waals surface area contributed by atoms with Crippen molar-refractivity contribution >= 4 is 11.0 Å². The summed E-state index contributed by atoms with van der Waals surface area (Å²) in [7, 11) is 1.90. The minimum atomic E-state index is 0.730. The van der Waals surface area contributed by atoms with Gasteiger partial charge in [-0.3, -0.25) is 9.97 Å². The topological polar surface area (TPSA) is 51.0 Å². The summed E-state index contributed by atoms with van der Waals surface area (Å²) in [6, 6.07) is 9.90. The van der Waals surface area contributed by atoms with Crippen LogP contribution in [0.3, 0.4) is 0 Å². The van der Waals surface area contributed by atoms with E-state index in [-0.39, 0.29) is 0 Å². The summed E-state index contributed by atoms with van der Waals surface area (Å²) in [6.07, 6.45) is 3.39. The van der Waals surface area contributed by atoms with Gasteiger partial charge in [0.05, 0.1) is 17.6 Å². The molecule has 18 heavy (non-hydrogen) atoms. The Bertz CT molecular complexity index is 675. The molecule has 0 amide bonds. The van der Waals surface area contributed by atoms with Crippen molar-refractivity contribution in [1.82, 2.24) is 15.3 Å². The minimum Gasteiger partial charge on any atom is -0.460 e. The Morgan fingerprint density at radius 2 is 1.89 bits per heavy atom. The van der Waals surface area contributed by atoms with Crippen molar-refractivity contribution in [3.63, 3.8) is 0 Å². The number of benzene rings is 1. The van der Waals surface area contributed by atoms with Crippen LogP contribution in [0.15, 0.2) is 47.1 Å². The van der Waals surface area contributed by atoms with Crippen molar-refractivity contribution in [2.45, 2.75) is 6.54 Å². The van der Waals surface area contributed by atoms with Gasteiger partial charge in [-0.05, 0) is 37.4 Å². The van der Waals surface area contributed by atoms with E-state index in [0.29, 0.717) is 0 Å². The number of fused-ring (bicyclic) bond motifs is 1. The highest BCUT2D eigenvalue weighted by atomic mass is 16.3. The first-order valence-electron chi connectivity index (χ1n) is 5.81. The van der Waals surface area contributed by atoms with E-state index in [0.717, 1.165) is 34.7 Å². The summed E-state index contributed by atoms with van der Waals surface area (Å²) in [6.45, 7) is 0.730. The van der Waals surface area contributed by atoms with Crippen molar-refractivity contribution in [2.24, 2.45) is 0 Å². The third-order valence-corrected chi connectivity index (χ3v) is 2.77. The smallest absolute Gasteiger partial charge is 0.134 e. The van der Waals surface area contributed by atoms with Gasteiger partial charge in [0.15, 0.2) is 0 Å². The molecular weight excluding hydrogens is 226 g/mol. The summed E-state index contributed by atoms with van der Waals surface area (Å²) in [5, 5.41) is 3.06. The van der Waals surface area contributed by atoms with Gasteiger partial charge in [0.1, 0.15) is 11.5 Å². The van der Waals surface area contributed by atoms with Crippen LogP contribution >= 0.6 is 0 Å². The zero-order valence-corrected chi connectivity index (χ0v) is 10.1. The molecule has 3 rings (SSSR count). The molecule has 2 heterocycles. The molecule has 0 aliphatic heterocycles. The van der Waals surface area contributed by atoms with E-state index in [9.17, 15) is 0 Å². The molecule has 0 fully saturated rings. The van der Waals surface area contributed by atoms with Crippen LogP contribution in [-0.4, -0.2) is 17.0 Å². The summed E-state index contributed by atoms with van der Waals surface area (Å²) in [5.41, 5.74) is 2.79. The SMILES string of the molecule is CNCc1ccc(-c2ccc3nccnc3c2)o1. The second kappa shape index (κ2) is 4.58. The van der Waals surface area contributed by atoms with E-state index < -0.39 is 0 Å². The van der Waals surface area contributed by atoms with E-state index in [2.05, 4.69) is 15.3 Å². The second-order valence-electron chi connectivity index (χ2n) is 4.06. The standard InChI is InChI=1S/C14H13N3O/c1-15-9-11-3-5-14(18-11)10-2-4-12-13(8-10)17-7-6-16-12/h2-8,15H,9H2,1H3. The molecule has 0 atom stereocenters. The first kappa shape index (κ1) is 10.9. The van der Waals surface area contributed by atoms with Crippen LogP contribution in [0.4, 0.5) is 0 Å². The van der Waals surface area contributed by atoms with Crippen LogP contribution in [0.5, 0.6) is 0 Å². The van der Waals surface area contributed by atoms with Gasteiger partial charge in [-0.25, -0.2) is 0 Å². The predicted octanol–water partition coefficient (Wildman–Crippen LogP) is 2.61. The molecule has 4 heteroatoms. The average Bonchev–Trinajstić information content (AvgIpc) is 2.87. The molecule has 0 radical (unpaired) electrons. The van der Waals surface area contributed by atoms with Gasteiger partial charge in [0.2, 0.25) is 0 Å². The summed E-state index contributed by atoms with van der Waals surface area (Å²) in [5.74, 6) is 1.78. The van der Waals surface area contributed by atoms with Crippen LogP contribution in [0, 0.1) is 0 Å². The molecule has 90 valence electrons. The number of aromatic nitrogens is 2. The Kier molecular flexibility index (Phi) is 2.78. The normalized spacial score (nSPS) is 10.9. The molecule has 0 saturated heterocycles. The fourth-order valence-corrected chi connectivity index (χ4v) is 1.92. The lowest BCUT2D eigenvalue weighted by atomic mass is 10.1. The summed E-state index contributed by atoms with van der Waals surface area (Å²) < 4.78 is 5.75. The van der Waals surface area contributed by atoms with E-state index in [1.807, 2.05) is 37.4 Å². The Labute approximate surface area is 105 Å². The van der Waals surface area contributed by atoms with Gasteiger partial charge in [-0.2, -0.15) is 0 Å². The van der Waals surface area contributed by atoms with Gasteiger partial charge in [-0.1, -0.05) is 0 Å². The van der Waals surface area contributed by atoms with Crippen LogP contribution in [-0.2, 0) is 6.54 Å². The first-order chi connectivity index (χ1) is 8.86. The van der Waals surface area contributed by atoms with Gasteiger partial charge in [-0.15, -0.1) is 0 Å². The molecular formula is C14H13N3O. The van der Waals surface area contributed by atoms with Crippen molar-refractivity contribution in [3.05, 3.63) is 48.5 Å². The molecule has 3 aromatic rings. The maximum atomic E-state index is 5.75. The third kappa shape index (κ3) is 1.98. The van der Waals surface area contributed by atoms with Crippen LogP contribution in [0.2, 0.25) is 0 Å². The molecule has 2 aromatic heterocycles. The highest BCUT2D eigenvalue weighted by Crippen LogP contribution is 2.24. The number of rotatable bonds is 3. The quantitative estimate of drug-likeness (QED) is 0.763. The Balaban J connectivity index is 2.02. The molecule has 1 N–H and O–H groups in total. The second-order valence-corrected chi connectivity index (χ2v) is 4.06. The number of furan rings is 1. The number of hydrogen-bond donors (Lipinski definition) is 1. The monoisotopic (exact) mass is 239 g/mol. The zero-order chi connectivity index (χ0) is 12.4.